The Morgan fingerprint density at radius 1 is 1.32 bits per heavy atom. The molecule has 0 radical (unpaired) electrons. The zero-order chi connectivity index (χ0) is 18.2. The summed E-state index contributed by atoms with van der Waals surface area (Å²) < 4.78 is 5.44. The van der Waals surface area contributed by atoms with Crippen molar-refractivity contribution in [1.29, 1.82) is 5.26 Å². The predicted octanol–water partition coefficient (Wildman–Crippen LogP) is 2.38. The van der Waals surface area contributed by atoms with Gasteiger partial charge in [-0.15, -0.1) is 0 Å². The smallest absolute Gasteiger partial charge is 0.280 e. The average Bonchev–Trinajstić information content (AvgIpc) is 2.62. The molecular formula is C17H14N4O4. The molecule has 0 bridgehead atoms. The second-order valence-electron chi connectivity index (χ2n) is 4.95. The van der Waals surface area contributed by atoms with Gasteiger partial charge in [0.05, 0.1) is 28.3 Å². The second kappa shape index (κ2) is 8.21. The van der Waals surface area contributed by atoms with Gasteiger partial charge in [-0.3, -0.25) is 14.9 Å². The van der Waals surface area contributed by atoms with E-state index in [0.717, 1.165) is 0 Å². The molecule has 0 fully saturated rings. The molecule has 2 aromatic carbocycles. The molecule has 2 aromatic rings. The minimum atomic E-state index is -0.837. The van der Waals surface area contributed by atoms with Crippen molar-refractivity contribution in [3.8, 4) is 11.8 Å². The summed E-state index contributed by atoms with van der Waals surface area (Å²) in [6, 6.07) is 14.3. The van der Waals surface area contributed by atoms with Gasteiger partial charge in [-0.05, 0) is 37.3 Å². The average molecular weight is 338 g/mol. The molecule has 0 spiro atoms. The van der Waals surface area contributed by atoms with Crippen LogP contribution in [0.5, 0.6) is 5.75 Å². The van der Waals surface area contributed by atoms with Crippen molar-refractivity contribution in [1.82, 2.24) is 5.43 Å². The zero-order valence-corrected chi connectivity index (χ0v) is 13.2. The third-order valence-corrected chi connectivity index (χ3v) is 3.18. The maximum atomic E-state index is 11.9. The van der Waals surface area contributed by atoms with E-state index in [4.69, 9.17) is 10.00 Å². The Labute approximate surface area is 143 Å². The van der Waals surface area contributed by atoms with Gasteiger partial charge in [0.25, 0.3) is 11.6 Å². The lowest BCUT2D eigenvalue weighted by Crippen LogP contribution is -2.33. The van der Waals surface area contributed by atoms with Crippen molar-refractivity contribution in [2.24, 2.45) is 5.10 Å². The highest BCUT2D eigenvalue weighted by Crippen LogP contribution is 2.15. The number of hydrazone groups is 1. The Hall–Kier alpha value is -3.73. The van der Waals surface area contributed by atoms with Gasteiger partial charge in [0.2, 0.25) is 0 Å². The number of nitro groups is 1. The molecule has 0 aliphatic heterocycles. The molecular weight excluding hydrogens is 324 g/mol. The first-order valence-corrected chi connectivity index (χ1v) is 7.24. The summed E-state index contributed by atoms with van der Waals surface area (Å²) in [7, 11) is 0. The van der Waals surface area contributed by atoms with Crippen LogP contribution in [0.25, 0.3) is 0 Å². The van der Waals surface area contributed by atoms with Crippen LogP contribution < -0.4 is 10.2 Å². The van der Waals surface area contributed by atoms with Crippen molar-refractivity contribution in [2.45, 2.75) is 13.0 Å². The third-order valence-electron chi connectivity index (χ3n) is 3.18. The molecule has 1 N–H and O–H groups in total. The summed E-state index contributed by atoms with van der Waals surface area (Å²) in [6.45, 7) is 1.54. The molecule has 0 saturated carbocycles. The van der Waals surface area contributed by atoms with E-state index >= 15 is 0 Å². The summed E-state index contributed by atoms with van der Waals surface area (Å²) in [5.74, 6) is -0.0801. The molecule has 25 heavy (non-hydrogen) atoms. The van der Waals surface area contributed by atoms with E-state index in [2.05, 4.69) is 10.5 Å². The summed E-state index contributed by atoms with van der Waals surface area (Å²) in [5, 5.41) is 23.3. The van der Waals surface area contributed by atoms with E-state index in [1.165, 1.54) is 25.3 Å². The molecule has 0 aromatic heterocycles. The van der Waals surface area contributed by atoms with Gasteiger partial charge in [-0.25, -0.2) is 5.43 Å². The Balaban J connectivity index is 1.95. The fourth-order valence-corrected chi connectivity index (χ4v) is 1.88. The number of nitro benzene ring substituents is 1. The van der Waals surface area contributed by atoms with Crippen LogP contribution in [0.4, 0.5) is 5.69 Å². The Morgan fingerprint density at radius 2 is 2.00 bits per heavy atom. The van der Waals surface area contributed by atoms with Crippen LogP contribution in [0.3, 0.4) is 0 Å². The topological polar surface area (TPSA) is 118 Å². The van der Waals surface area contributed by atoms with Crippen molar-refractivity contribution in [2.75, 3.05) is 0 Å². The zero-order valence-electron chi connectivity index (χ0n) is 13.2. The van der Waals surface area contributed by atoms with Gasteiger partial charge in [-0.2, -0.15) is 10.4 Å². The summed E-state index contributed by atoms with van der Waals surface area (Å²) in [5.41, 5.74) is 2.92. The van der Waals surface area contributed by atoms with Gasteiger partial charge in [0.15, 0.2) is 6.10 Å². The Kier molecular flexibility index (Phi) is 5.79. The molecule has 0 aliphatic rings. The maximum absolute atomic E-state index is 11.9. The molecule has 0 unspecified atom stereocenters. The van der Waals surface area contributed by atoms with Crippen LogP contribution in [-0.4, -0.2) is 23.1 Å². The third kappa shape index (κ3) is 4.87. The number of para-hydroxylation sites is 1. The molecule has 0 aliphatic carbocycles. The fraction of sp³-hybridized carbons (Fsp3) is 0.118. The number of ether oxygens (including phenoxy) is 1. The first kappa shape index (κ1) is 17.6. The highest BCUT2D eigenvalue weighted by atomic mass is 16.6. The van der Waals surface area contributed by atoms with Gasteiger partial charge < -0.3 is 4.74 Å². The van der Waals surface area contributed by atoms with Crippen molar-refractivity contribution in [3.05, 3.63) is 69.8 Å². The molecule has 8 heteroatoms. The summed E-state index contributed by atoms with van der Waals surface area (Å²) >= 11 is 0. The normalized spacial score (nSPS) is 11.5. The van der Waals surface area contributed by atoms with Crippen LogP contribution >= 0.6 is 0 Å². The second-order valence-corrected chi connectivity index (χ2v) is 4.95. The lowest BCUT2D eigenvalue weighted by molar-refractivity contribution is -0.385. The lowest BCUT2D eigenvalue weighted by Gasteiger charge is -2.12. The minimum absolute atomic E-state index is 0.109. The van der Waals surface area contributed by atoms with E-state index in [0.29, 0.717) is 11.3 Å². The van der Waals surface area contributed by atoms with Crippen LogP contribution in [0.1, 0.15) is 18.1 Å². The van der Waals surface area contributed by atoms with Gasteiger partial charge >= 0.3 is 0 Å². The molecule has 1 atom stereocenters. The molecule has 1 amide bonds. The van der Waals surface area contributed by atoms with Crippen molar-refractivity contribution >= 4 is 17.8 Å². The van der Waals surface area contributed by atoms with Crippen molar-refractivity contribution in [3.63, 3.8) is 0 Å². The van der Waals surface area contributed by atoms with Crippen LogP contribution in [0.15, 0.2) is 53.6 Å². The van der Waals surface area contributed by atoms with E-state index in [-0.39, 0.29) is 11.3 Å². The Bertz CT molecular complexity index is 840. The lowest BCUT2D eigenvalue weighted by atomic mass is 10.2. The molecule has 126 valence electrons. The van der Waals surface area contributed by atoms with Crippen LogP contribution in [0.2, 0.25) is 0 Å². The monoisotopic (exact) mass is 338 g/mol. The number of nitrogens with zero attached hydrogens (tertiary/aromatic N) is 3. The number of carbonyl (C=O) groups is 1. The number of benzene rings is 2. The predicted molar refractivity (Wildman–Crippen MR) is 90.1 cm³/mol. The Morgan fingerprint density at radius 3 is 2.64 bits per heavy atom. The molecule has 0 heterocycles. The largest absolute Gasteiger partial charge is 0.481 e. The first-order valence-electron chi connectivity index (χ1n) is 7.24. The number of hydrogen-bond donors (Lipinski definition) is 1. The number of amides is 1. The quantitative estimate of drug-likeness (QED) is 0.493. The van der Waals surface area contributed by atoms with Crippen LogP contribution in [-0.2, 0) is 4.79 Å². The number of nitrogens with one attached hydrogen (secondary N) is 1. The SMILES string of the molecule is C[C@@H](Oc1ccc(C#N)cc1)C(=O)N/N=C\c1ccccc1[N+](=O)[O-]. The summed E-state index contributed by atoms with van der Waals surface area (Å²) in [6.07, 6.45) is 0.362. The first-order chi connectivity index (χ1) is 12.0. The fourth-order valence-electron chi connectivity index (χ4n) is 1.88. The molecule has 0 saturated heterocycles. The van der Waals surface area contributed by atoms with E-state index in [1.54, 1.807) is 36.4 Å². The maximum Gasteiger partial charge on any atom is 0.280 e. The van der Waals surface area contributed by atoms with E-state index in [1.807, 2.05) is 6.07 Å². The molecule has 2 rings (SSSR count). The molecule has 8 nitrogen and oxygen atoms in total. The number of rotatable bonds is 6. The number of hydrogen-bond acceptors (Lipinski definition) is 6. The van der Waals surface area contributed by atoms with E-state index in [9.17, 15) is 14.9 Å². The highest BCUT2D eigenvalue weighted by Gasteiger charge is 2.14. The minimum Gasteiger partial charge on any atom is -0.481 e. The summed E-state index contributed by atoms with van der Waals surface area (Å²) in [4.78, 5) is 22.3. The standard InChI is InChI=1S/C17H14N4O4/c1-12(25-15-8-6-13(10-18)7-9-15)17(22)20-19-11-14-4-2-3-5-16(14)21(23)24/h2-9,11-12H,1H3,(H,20,22)/b19-11-/t12-/m1/s1. The van der Waals surface area contributed by atoms with E-state index < -0.39 is 16.9 Å². The highest BCUT2D eigenvalue weighted by molar-refractivity contribution is 5.87. The number of nitriles is 1. The van der Waals surface area contributed by atoms with Gasteiger partial charge in [-0.1, -0.05) is 12.1 Å². The van der Waals surface area contributed by atoms with Crippen LogP contribution in [0, 0.1) is 21.4 Å². The number of carbonyl (C=O) groups excluding carboxylic acids is 1. The van der Waals surface area contributed by atoms with Gasteiger partial charge in [0, 0.05) is 6.07 Å². The van der Waals surface area contributed by atoms with Gasteiger partial charge in [0.1, 0.15) is 5.75 Å². The van der Waals surface area contributed by atoms with Crippen molar-refractivity contribution < 1.29 is 14.5 Å².